The van der Waals surface area contributed by atoms with Crippen molar-refractivity contribution >= 4 is 49.6 Å². The van der Waals surface area contributed by atoms with E-state index >= 15 is 0 Å². The Hall–Kier alpha value is -1.41. The molecular formula is C11H11Br2N3O3. The fraction of sp³-hybridized carbons (Fsp3) is 0.182. The molecule has 1 aromatic carbocycles. The Balaban J connectivity index is 3.03. The highest BCUT2D eigenvalue weighted by Gasteiger charge is 2.20. The van der Waals surface area contributed by atoms with Crippen molar-refractivity contribution in [2.45, 2.75) is 0 Å². The van der Waals surface area contributed by atoms with Crippen LogP contribution in [0.3, 0.4) is 0 Å². The Bertz CT molecular complexity index is 498. The number of rotatable bonds is 5. The van der Waals surface area contributed by atoms with E-state index in [9.17, 15) is 14.4 Å². The molecule has 6 nitrogen and oxygen atoms in total. The van der Waals surface area contributed by atoms with Crippen molar-refractivity contribution in [2.75, 3.05) is 13.1 Å². The molecule has 0 aliphatic rings. The second-order valence-corrected chi connectivity index (χ2v) is 5.58. The zero-order chi connectivity index (χ0) is 14.6. The van der Waals surface area contributed by atoms with E-state index in [-0.39, 0.29) is 13.1 Å². The van der Waals surface area contributed by atoms with Crippen LogP contribution in [0.25, 0.3) is 0 Å². The molecule has 19 heavy (non-hydrogen) atoms. The number of benzene rings is 1. The molecular weight excluding hydrogens is 382 g/mol. The second-order valence-electron chi connectivity index (χ2n) is 3.75. The van der Waals surface area contributed by atoms with E-state index in [0.29, 0.717) is 14.5 Å². The number of nitrogens with zero attached hydrogens (tertiary/aromatic N) is 1. The molecule has 0 unspecified atom stereocenters. The summed E-state index contributed by atoms with van der Waals surface area (Å²) in [5.74, 6) is -1.94. The van der Waals surface area contributed by atoms with Gasteiger partial charge in [-0.15, -0.1) is 0 Å². The van der Waals surface area contributed by atoms with Gasteiger partial charge >= 0.3 is 0 Å². The highest BCUT2D eigenvalue weighted by molar-refractivity contribution is 9.11. The summed E-state index contributed by atoms with van der Waals surface area (Å²) in [4.78, 5) is 35.0. The number of hydrogen-bond donors (Lipinski definition) is 2. The Morgan fingerprint density at radius 2 is 1.37 bits per heavy atom. The van der Waals surface area contributed by atoms with Crippen molar-refractivity contribution in [3.63, 3.8) is 0 Å². The van der Waals surface area contributed by atoms with E-state index in [1.807, 2.05) is 0 Å². The van der Waals surface area contributed by atoms with Crippen molar-refractivity contribution in [1.29, 1.82) is 0 Å². The fourth-order valence-corrected chi connectivity index (χ4v) is 2.73. The molecule has 0 radical (unpaired) electrons. The van der Waals surface area contributed by atoms with Gasteiger partial charge in [-0.25, -0.2) is 0 Å². The second kappa shape index (κ2) is 6.67. The molecule has 0 aliphatic carbocycles. The van der Waals surface area contributed by atoms with Gasteiger partial charge in [0.2, 0.25) is 11.8 Å². The Labute approximate surface area is 126 Å². The van der Waals surface area contributed by atoms with Crippen LogP contribution < -0.4 is 11.5 Å². The third kappa shape index (κ3) is 4.99. The highest BCUT2D eigenvalue weighted by Crippen LogP contribution is 2.21. The van der Waals surface area contributed by atoms with Crippen LogP contribution in [-0.4, -0.2) is 35.7 Å². The molecule has 102 valence electrons. The molecule has 0 fully saturated rings. The largest absolute Gasteiger partial charge is 0.368 e. The SMILES string of the molecule is NC(=O)CN(CC(N)=O)C(=O)c1cc(Br)cc(Br)c1. The highest BCUT2D eigenvalue weighted by atomic mass is 79.9. The summed E-state index contributed by atoms with van der Waals surface area (Å²) in [6, 6.07) is 4.90. The van der Waals surface area contributed by atoms with Crippen molar-refractivity contribution in [1.82, 2.24) is 4.90 Å². The molecule has 8 heteroatoms. The van der Waals surface area contributed by atoms with E-state index in [2.05, 4.69) is 31.9 Å². The van der Waals surface area contributed by atoms with Crippen LogP contribution in [0, 0.1) is 0 Å². The van der Waals surface area contributed by atoms with Crippen molar-refractivity contribution in [3.8, 4) is 0 Å². The third-order valence-electron chi connectivity index (χ3n) is 2.09. The van der Waals surface area contributed by atoms with Crippen molar-refractivity contribution in [2.24, 2.45) is 11.5 Å². The minimum absolute atomic E-state index is 0.309. The molecule has 0 aliphatic heterocycles. The Morgan fingerprint density at radius 1 is 0.947 bits per heavy atom. The van der Waals surface area contributed by atoms with Gasteiger partial charge in [0.05, 0.1) is 0 Å². The molecule has 0 spiro atoms. The van der Waals surface area contributed by atoms with Crippen molar-refractivity contribution < 1.29 is 14.4 Å². The molecule has 1 rings (SSSR count). The zero-order valence-electron chi connectivity index (χ0n) is 9.73. The smallest absolute Gasteiger partial charge is 0.254 e. The summed E-state index contributed by atoms with van der Waals surface area (Å²) in [6.07, 6.45) is 0. The van der Waals surface area contributed by atoms with Gasteiger partial charge in [-0.2, -0.15) is 0 Å². The number of primary amides is 2. The van der Waals surface area contributed by atoms with Crippen LogP contribution in [0.15, 0.2) is 27.1 Å². The summed E-state index contributed by atoms with van der Waals surface area (Å²) in [5, 5.41) is 0. The number of hydrogen-bond acceptors (Lipinski definition) is 3. The minimum Gasteiger partial charge on any atom is -0.368 e. The van der Waals surface area contributed by atoms with E-state index in [0.717, 1.165) is 4.90 Å². The minimum atomic E-state index is -0.719. The van der Waals surface area contributed by atoms with Crippen LogP contribution in [-0.2, 0) is 9.59 Å². The average Bonchev–Trinajstić information content (AvgIpc) is 2.24. The first kappa shape index (κ1) is 15.6. The maximum atomic E-state index is 12.2. The molecule has 3 amide bonds. The molecule has 0 saturated heterocycles. The summed E-state index contributed by atoms with van der Waals surface area (Å²) in [5.41, 5.74) is 10.4. The maximum absolute atomic E-state index is 12.2. The van der Waals surface area contributed by atoms with Crippen LogP contribution >= 0.6 is 31.9 Å². The molecule has 1 aromatic rings. The molecule has 0 bridgehead atoms. The van der Waals surface area contributed by atoms with Gasteiger partial charge in [-0.05, 0) is 18.2 Å². The monoisotopic (exact) mass is 391 g/mol. The van der Waals surface area contributed by atoms with Crippen LogP contribution in [0.1, 0.15) is 10.4 Å². The van der Waals surface area contributed by atoms with Gasteiger partial charge in [0.15, 0.2) is 0 Å². The number of carbonyl (C=O) groups is 3. The number of carbonyl (C=O) groups excluding carboxylic acids is 3. The average molecular weight is 393 g/mol. The molecule has 0 heterocycles. The Kier molecular flexibility index (Phi) is 5.49. The number of amides is 3. The molecule has 0 saturated carbocycles. The quantitative estimate of drug-likeness (QED) is 0.766. The van der Waals surface area contributed by atoms with Gasteiger partial charge in [-0.3, -0.25) is 14.4 Å². The lowest BCUT2D eigenvalue weighted by atomic mass is 10.2. The van der Waals surface area contributed by atoms with Gasteiger partial charge in [0, 0.05) is 14.5 Å². The van der Waals surface area contributed by atoms with Crippen LogP contribution in [0.4, 0.5) is 0 Å². The standard InChI is InChI=1S/C11H11Br2N3O3/c12-7-1-6(2-8(13)3-7)11(19)16(4-9(14)17)5-10(15)18/h1-3H,4-5H2,(H2,14,17)(H2,15,18). The predicted molar refractivity (Wildman–Crippen MR) is 76.1 cm³/mol. The lowest BCUT2D eigenvalue weighted by Gasteiger charge is -2.19. The molecule has 0 aromatic heterocycles. The van der Waals surface area contributed by atoms with Gasteiger partial charge in [0.1, 0.15) is 13.1 Å². The van der Waals surface area contributed by atoms with Gasteiger partial charge in [-0.1, -0.05) is 31.9 Å². The summed E-state index contributed by atoms with van der Waals surface area (Å²) in [6.45, 7) is -0.738. The lowest BCUT2D eigenvalue weighted by molar-refractivity contribution is -0.121. The summed E-state index contributed by atoms with van der Waals surface area (Å²) in [7, 11) is 0. The summed E-state index contributed by atoms with van der Waals surface area (Å²) < 4.78 is 1.37. The third-order valence-corrected chi connectivity index (χ3v) is 3.01. The van der Waals surface area contributed by atoms with E-state index in [1.165, 1.54) is 0 Å². The Morgan fingerprint density at radius 3 is 1.74 bits per heavy atom. The van der Waals surface area contributed by atoms with E-state index in [4.69, 9.17) is 11.5 Å². The van der Waals surface area contributed by atoms with E-state index < -0.39 is 17.7 Å². The topological polar surface area (TPSA) is 106 Å². The van der Waals surface area contributed by atoms with Crippen LogP contribution in [0.2, 0.25) is 0 Å². The number of nitrogens with two attached hydrogens (primary N) is 2. The normalized spacial score (nSPS) is 10.0. The van der Waals surface area contributed by atoms with Crippen molar-refractivity contribution in [3.05, 3.63) is 32.7 Å². The predicted octanol–water partition coefficient (Wildman–Crippen LogP) is 0.624. The van der Waals surface area contributed by atoms with Gasteiger partial charge < -0.3 is 16.4 Å². The first-order chi connectivity index (χ1) is 8.79. The maximum Gasteiger partial charge on any atom is 0.254 e. The zero-order valence-corrected chi connectivity index (χ0v) is 12.9. The summed E-state index contributed by atoms with van der Waals surface area (Å²) >= 11 is 6.50. The van der Waals surface area contributed by atoms with Gasteiger partial charge in [0.25, 0.3) is 5.91 Å². The first-order valence-corrected chi connectivity index (χ1v) is 6.70. The van der Waals surface area contributed by atoms with E-state index in [1.54, 1.807) is 18.2 Å². The molecule has 4 N–H and O–H groups in total. The lowest BCUT2D eigenvalue weighted by Crippen LogP contribution is -2.43. The first-order valence-electron chi connectivity index (χ1n) is 5.11. The molecule has 0 atom stereocenters. The number of halogens is 2. The fourth-order valence-electron chi connectivity index (χ4n) is 1.44. The van der Waals surface area contributed by atoms with Crippen LogP contribution in [0.5, 0.6) is 0 Å².